The van der Waals surface area contributed by atoms with Crippen molar-refractivity contribution >= 4 is 10.8 Å². The summed E-state index contributed by atoms with van der Waals surface area (Å²) in [4.78, 5) is 2.36. The topological polar surface area (TPSA) is 29.0 Å². The lowest BCUT2D eigenvalue weighted by molar-refractivity contribution is 0.328. The lowest BCUT2D eigenvalue weighted by atomic mass is 9.85. The molecule has 5 rings (SSSR count). The molecule has 1 unspecified atom stereocenters. The standard InChI is InChI=1S/C25H22FN3/c1-29-12-10-24(18-5-4-17-6-8-22(26)15-20(17)13-18)23-9-7-19(14-21(23)16-29)25-3-2-11-27-28-25/h2-9,11,13-15,24H,10,12,16H2,1H3. The number of benzene rings is 3. The van der Waals surface area contributed by atoms with Gasteiger partial charge < -0.3 is 4.90 Å². The first-order valence-electron chi connectivity index (χ1n) is 9.96. The second-order valence-corrected chi connectivity index (χ2v) is 7.85. The number of hydrogen-bond acceptors (Lipinski definition) is 3. The minimum atomic E-state index is -0.190. The molecule has 144 valence electrons. The summed E-state index contributed by atoms with van der Waals surface area (Å²) in [6.07, 6.45) is 2.73. The Morgan fingerprint density at radius 3 is 2.72 bits per heavy atom. The van der Waals surface area contributed by atoms with E-state index < -0.39 is 0 Å². The third-order valence-corrected chi connectivity index (χ3v) is 5.85. The van der Waals surface area contributed by atoms with Crippen LogP contribution in [0.15, 0.2) is 72.9 Å². The van der Waals surface area contributed by atoms with Crippen LogP contribution in [-0.2, 0) is 6.54 Å². The molecule has 29 heavy (non-hydrogen) atoms. The highest BCUT2D eigenvalue weighted by atomic mass is 19.1. The zero-order chi connectivity index (χ0) is 19.8. The van der Waals surface area contributed by atoms with Crippen LogP contribution >= 0.6 is 0 Å². The second kappa shape index (κ2) is 7.37. The fourth-order valence-electron chi connectivity index (χ4n) is 4.37. The lowest BCUT2D eigenvalue weighted by Gasteiger charge is -2.19. The Morgan fingerprint density at radius 2 is 1.86 bits per heavy atom. The van der Waals surface area contributed by atoms with Crippen LogP contribution in [0, 0.1) is 5.82 Å². The van der Waals surface area contributed by atoms with E-state index in [0.29, 0.717) is 5.92 Å². The Bertz CT molecular complexity index is 1170. The van der Waals surface area contributed by atoms with Crippen molar-refractivity contribution in [2.75, 3.05) is 13.6 Å². The molecule has 1 aliphatic rings. The van der Waals surface area contributed by atoms with Crippen LogP contribution in [0.3, 0.4) is 0 Å². The van der Waals surface area contributed by atoms with Gasteiger partial charge in [-0.25, -0.2) is 4.39 Å². The fraction of sp³-hybridized carbons (Fsp3) is 0.200. The van der Waals surface area contributed by atoms with Crippen LogP contribution in [0.4, 0.5) is 4.39 Å². The van der Waals surface area contributed by atoms with Crippen LogP contribution < -0.4 is 0 Å². The quantitative estimate of drug-likeness (QED) is 0.464. The molecule has 1 aromatic heterocycles. The molecule has 3 nitrogen and oxygen atoms in total. The summed E-state index contributed by atoms with van der Waals surface area (Å²) in [6, 6.07) is 22.0. The zero-order valence-corrected chi connectivity index (χ0v) is 16.3. The fourth-order valence-corrected chi connectivity index (χ4v) is 4.37. The Morgan fingerprint density at radius 1 is 0.966 bits per heavy atom. The van der Waals surface area contributed by atoms with Gasteiger partial charge in [-0.1, -0.05) is 36.4 Å². The van der Waals surface area contributed by atoms with Crippen LogP contribution in [0.2, 0.25) is 0 Å². The van der Waals surface area contributed by atoms with Crippen molar-refractivity contribution in [2.24, 2.45) is 0 Å². The summed E-state index contributed by atoms with van der Waals surface area (Å²) in [5.74, 6) is 0.0998. The third kappa shape index (κ3) is 3.52. The van der Waals surface area contributed by atoms with E-state index in [4.69, 9.17) is 0 Å². The van der Waals surface area contributed by atoms with Crippen LogP contribution in [0.25, 0.3) is 22.0 Å². The van der Waals surface area contributed by atoms with E-state index in [1.165, 1.54) is 22.8 Å². The van der Waals surface area contributed by atoms with Gasteiger partial charge in [-0.15, -0.1) is 0 Å². The van der Waals surface area contributed by atoms with Crippen LogP contribution in [0.5, 0.6) is 0 Å². The molecule has 0 radical (unpaired) electrons. The van der Waals surface area contributed by atoms with E-state index >= 15 is 0 Å². The van der Waals surface area contributed by atoms with Crippen molar-refractivity contribution in [3.8, 4) is 11.3 Å². The minimum absolute atomic E-state index is 0.190. The number of hydrogen-bond donors (Lipinski definition) is 0. The Hall–Kier alpha value is -3.11. The van der Waals surface area contributed by atoms with Crippen molar-refractivity contribution in [3.05, 3.63) is 95.4 Å². The van der Waals surface area contributed by atoms with E-state index in [9.17, 15) is 4.39 Å². The summed E-state index contributed by atoms with van der Waals surface area (Å²) in [7, 11) is 2.16. The molecule has 4 aromatic rings. The number of nitrogens with zero attached hydrogens (tertiary/aromatic N) is 3. The first kappa shape index (κ1) is 18.0. The molecule has 0 fully saturated rings. The lowest BCUT2D eigenvalue weighted by Crippen LogP contribution is -2.17. The van der Waals surface area contributed by atoms with Gasteiger partial charge >= 0.3 is 0 Å². The number of aromatic nitrogens is 2. The van der Waals surface area contributed by atoms with Crippen LogP contribution in [0.1, 0.15) is 29.0 Å². The zero-order valence-electron chi connectivity index (χ0n) is 16.3. The largest absolute Gasteiger partial charge is 0.302 e. The van der Waals surface area contributed by atoms with Gasteiger partial charge in [0.05, 0.1) is 5.69 Å². The first-order valence-corrected chi connectivity index (χ1v) is 9.96. The van der Waals surface area contributed by atoms with Crippen molar-refractivity contribution in [1.29, 1.82) is 0 Å². The summed E-state index contributed by atoms with van der Waals surface area (Å²) in [5, 5.41) is 10.3. The molecular weight excluding hydrogens is 361 g/mol. The van der Waals surface area contributed by atoms with Crippen molar-refractivity contribution < 1.29 is 4.39 Å². The van der Waals surface area contributed by atoms with Gasteiger partial charge in [0.2, 0.25) is 0 Å². The van der Waals surface area contributed by atoms with Crippen LogP contribution in [-0.4, -0.2) is 28.7 Å². The van der Waals surface area contributed by atoms with E-state index in [1.54, 1.807) is 12.3 Å². The molecule has 2 heterocycles. The van der Waals surface area contributed by atoms with Gasteiger partial charge in [-0.2, -0.15) is 10.2 Å². The summed E-state index contributed by atoms with van der Waals surface area (Å²) in [5.41, 5.74) is 5.88. The molecule has 0 amide bonds. The molecular formula is C25H22FN3. The van der Waals surface area contributed by atoms with E-state index in [2.05, 4.69) is 58.5 Å². The average Bonchev–Trinajstić information content (AvgIpc) is 2.91. The van der Waals surface area contributed by atoms with E-state index in [-0.39, 0.29) is 5.82 Å². The molecule has 1 aliphatic heterocycles. The maximum Gasteiger partial charge on any atom is 0.123 e. The second-order valence-electron chi connectivity index (χ2n) is 7.85. The van der Waals surface area contributed by atoms with Gasteiger partial charge in [0.25, 0.3) is 0 Å². The Labute approximate surface area is 169 Å². The van der Waals surface area contributed by atoms with Gasteiger partial charge in [-0.05, 0) is 77.8 Å². The Balaban J connectivity index is 1.60. The molecule has 0 aliphatic carbocycles. The summed E-state index contributed by atoms with van der Waals surface area (Å²) >= 11 is 0. The van der Waals surface area contributed by atoms with Gasteiger partial charge in [0.1, 0.15) is 5.82 Å². The van der Waals surface area contributed by atoms with Gasteiger partial charge in [0, 0.05) is 24.2 Å². The van der Waals surface area contributed by atoms with Gasteiger partial charge in [-0.3, -0.25) is 0 Å². The molecule has 4 heteroatoms. The number of fused-ring (bicyclic) bond motifs is 2. The molecule has 1 atom stereocenters. The van der Waals surface area contributed by atoms with Crippen molar-refractivity contribution in [1.82, 2.24) is 15.1 Å². The summed E-state index contributed by atoms with van der Waals surface area (Å²) in [6.45, 7) is 1.92. The highest BCUT2D eigenvalue weighted by molar-refractivity contribution is 5.83. The molecule has 0 saturated heterocycles. The predicted molar refractivity (Wildman–Crippen MR) is 114 cm³/mol. The first-order chi connectivity index (χ1) is 14.2. The molecule has 0 saturated carbocycles. The van der Waals surface area contributed by atoms with E-state index in [1.807, 2.05) is 18.2 Å². The van der Waals surface area contributed by atoms with Crippen molar-refractivity contribution in [2.45, 2.75) is 18.9 Å². The minimum Gasteiger partial charge on any atom is -0.302 e. The maximum atomic E-state index is 13.8. The highest BCUT2D eigenvalue weighted by Gasteiger charge is 2.23. The van der Waals surface area contributed by atoms with E-state index in [0.717, 1.165) is 41.5 Å². The number of rotatable bonds is 2. The van der Waals surface area contributed by atoms with Crippen molar-refractivity contribution in [3.63, 3.8) is 0 Å². The predicted octanol–water partition coefficient (Wildman–Crippen LogP) is 5.40. The summed E-state index contributed by atoms with van der Waals surface area (Å²) < 4.78 is 13.8. The molecule has 0 bridgehead atoms. The SMILES string of the molecule is CN1CCC(c2ccc3ccc(F)cc3c2)c2ccc(-c3cccnn3)cc2C1. The molecule has 0 N–H and O–H groups in total. The third-order valence-electron chi connectivity index (χ3n) is 5.85. The normalized spacial score (nSPS) is 17.1. The smallest absolute Gasteiger partial charge is 0.123 e. The molecule has 3 aromatic carbocycles. The Kier molecular flexibility index (Phi) is 4.57. The monoisotopic (exact) mass is 383 g/mol. The number of halogens is 1. The average molecular weight is 383 g/mol. The molecule has 0 spiro atoms. The maximum absolute atomic E-state index is 13.8. The van der Waals surface area contributed by atoms with Gasteiger partial charge in [0.15, 0.2) is 0 Å². The highest BCUT2D eigenvalue weighted by Crippen LogP contribution is 2.36.